The minimum atomic E-state index is -0.840. The number of hydrogen-bond acceptors (Lipinski definition) is 4. The summed E-state index contributed by atoms with van der Waals surface area (Å²) in [6, 6.07) is 2.48. The third kappa shape index (κ3) is 2.85. The summed E-state index contributed by atoms with van der Waals surface area (Å²) < 4.78 is 23.1. The van der Waals surface area contributed by atoms with Crippen LogP contribution in [0.2, 0.25) is 0 Å². The number of benzene rings is 1. The standard InChI is InChI=1S/C10H11BrFNO3/c1-5(10(14)15-2)16-9-4-7(12)6(11)3-8(9)13/h3-5H,13H2,1-2H3. The van der Waals surface area contributed by atoms with Crippen LogP contribution in [0.5, 0.6) is 5.75 Å². The molecular formula is C10H11BrFNO3. The molecule has 0 aromatic heterocycles. The van der Waals surface area contributed by atoms with Crippen LogP contribution in [0.25, 0.3) is 0 Å². The van der Waals surface area contributed by atoms with Crippen molar-refractivity contribution in [2.45, 2.75) is 13.0 Å². The Labute approximate surface area is 101 Å². The van der Waals surface area contributed by atoms with Gasteiger partial charge in [0.25, 0.3) is 0 Å². The molecule has 0 aliphatic heterocycles. The monoisotopic (exact) mass is 291 g/mol. The summed E-state index contributed by atoms with van der Waals surface area (Å²) in [5.41, 5.74) is 5.85. The maximum Gasteiger partial charge on any atom is 0.346 e. The van der Waals surface area contributed by atoms with Crippen molar-refractivity contribution in [1.29, 1.82) is 0 Å². The van der Waals surface area contributed by atoms with Crippen LogP contribution in [0.1, 0.15) is 6.92 Å². The van der Waals surface area contributed by atoms with E-state index in [1.165, 1.54) is 20.1 Å². The Morgan fingerprint density at radius 2 is 2.19 bits per heavy atom. The van der Waals surface area contributed by atoms with Crippen molar-refractivity contribution >= 4 is 27.6 Å². The van der Waals surface area contributed by atoms with Gasteiger partial charge in [0.1, 0.15) is 11.6 Å². The van der Waals surface area contributed by atoms with Crippen LogP contribution in [0.3, 0.4) is 0 Å². The Kier molecular flexibility index (Phi) is 4.12. The van der Waals surface area contributed by atoms with Crippen LogP contribution in [0.15, 0.2) is 16.6 Å². The molecule has 88 valence electrons. The molecule has 1 rings (SSSR count). The van der Waals surface area contributed by atoms with Gasteiger partial charge in [-0.3, -0.25) is 0 Å². The number of methoxy groups -OCH3 is 1. The van der Waals surface area contributed by atoms with Crippen LogP contribution in [0.4, 0.5) is 10.1 Å². The number of carbonyl (C=O) groups excluding carboxylic acids is 1. The number of nitrogen functional groups attached to an aromatic ring is 1. The van der Waals surface area contributed by atoms with E-state index in [0.717, 1.165) is 6.07 Å². The minimum Gasteiger partial charge on any atom is -0.477 e. The largest absolute Gasteiger partial charge is 0.477 e. The van der Waals surface area contributed by atoms with Gasteiger partial charge in [0.15, 0.2) is 6.10 Å². The lowest BCUT2D eigenvalue weighted by atomic mass is 10.3. The highest BCUT2D eigenvalue weighted by Crippen LogP contribution is 2.29. The van der Waals surface area contributed by atoms with Crippen molar-refractivity contribution in [1.82, 2.24) is 0 Å². The summed E-state index contributed by atoms with van der Waals surface area (Å²) >= 11 is 2.99. The zero-order valence-corrected chi connectivity index (χ0v) is 10.4. The van der Waals surface area contributed by atoms with Gasteiger partial charge in [-0.1, -0.05) is 0 Å². The van der Waals surface area contributed by atoms with Gasteiger partial charge in [0.05, 0.1) is 17.3 Å². The fraction of sp³-hybridized carbons (Fsp3) is 0.300. The highest BCUT2D eigenvalue weighted by Gasteiger charge is 2.17. The smallest absolute Gasteiger partial charge is 0.346 e. The molecule has 0 radical (unpaired) electrons. The molecule has 0 saturated heterocycles. The highest BCUT2D eigenvalue weighted by atomic mass is 79.9. The van der Waals surface area contributed by atoms with Crippen LogP contribution >= 0.6 is 15.9 Å². The fourth-order valence-electron chi connectivity index (χ4n) is 1.05. The van der Waals surface area contributed by atoms with E-state index in [-0.39, 0.29) is 15.9 Å². The maximum atomic E-state index is 13.2. The number of ether oxygens (including phenoxy) is 2. The molecule has 0 aliphatic carbocycles. The van der Waals surface area contributed by atoms with Crippen molar-refractivity contribution in [3.63, 3.8) is 0 Å². The number of hydrogen-bond donors (Lipinski definition) is 1. The average Bonchev–Trinajstić information content (AvgIpc) is 2.24. The molecule has 0 fully saturated rings. The van der Waals surface area contributed by atoms with Gasteiger partial charge in [0.2, 0.25) is 0 Å². The van der Waals surface area contributed by atoms with Crippen molar-refractivity contribution in [3.05, 3.63) is 22.4 Å². The first-order valence-electron chi connectivity index (χ1n) is 4.44. The van der Waals surface area contributed by atoms with Crippen molar-refractivity contribution in [2.75, 3.05) is 12.8 Å². The van der Waals surface area contributed by atoms with E-state index in [0.29, 0.717) is 0 Å². The third-order valence-electron chi connectivity index (χ3n) is 1.89. The van der Waals surface area contributed by atoms with Gasteiger partial charge in [-0.15, -0.1) is 0 Å². The van der Waals surface area contributed by atoms with Gasteiger partial charge in [-0.2, -0.15) is 0 Å². The second-order valence-electron chi connectivity index (χ2n) is 3.09. The predicted octanol–water partition coefficient (Wildman–Crippen LogP) is 2.11. The molecular weight excluding hydrogens is 281 g/mol. The minimum absolute atomic E-state index is 0.110. The van der Waals surface area contributed by atoms with Crippen LogP contribution < -0.4 is 10.5 Å². The molecule has 1 unspecified atom stereocenters. The van der Waals surface area contributed by atoms with E-state index < -0.39 is 17.9 Å². The Balaban J connectivity index is 2.89. The summed E-state index contributed by atoms with van der Waals surface area (Å²) in [5, 5.41) is 0. The van der Waals surface area contributed by atoms with Crippen LogP contribution in [-0.2, 0) is 9.53 Å². The third-order valence-corrected chi connectivity index (χ3v) is 2.50. The van der Waals surface area contributed by atoms with E-state index in [4.69, 9.17) is 10.5 Å². The van der Waals surface area contributed by atoms with E-state index in [9.17, 15) is 9.18 Å². The van der Waals surface area contributed by atoms with E-state index in [2.05, 4.69) is 20.7 Å². The SMILES string of the molecule is COC(=O)C(C)Oc1cc(F)c(Br)cc1N. The fourth-order valence-corrected chi connectivity index (χ4v) is 1.41. The molecule has 0 bridgehead atoms. The molecule has 1 aromatic carbocycles. The molecule has 0 aliphatic rings. The van der Waals surface area contributed by atoms with E-state index in [1.54, 1.807) is 0 Å². The summed E-state index contributed by atoms with van der Waals surface area (Å²) in [7, 11) is 1.24. The molecule has 0 amide bonds. The van der Waals surface area contributed by atoms with Gasteiger partial charge in [0, 0.05) is 6.07 Å². The molecule has 4 nitrogen and oxygen atoms in total. The van der Waals surface area contributed by atoms with Gasteiger partial charge in [-0.05, 0) is 28.9 Å². The number of rotatable bonds is 3. The van der Waals surface area contributed by atoms with Crippen molar-refractivity contribution in [2.24, 2.45) is 0 Å². The highest BCUT2D eigenvalue weighted by molar-refractivity contribution is 9.10. The molecule has 16 heavy (non-hydrogen) atoms. The predicted molar refractivity (Wildman–Crippen MR) is 60.6 cm³/mol. The van der Waals surface area contributed by atoms with Crippen molar-refractivity contribution in [3.8, 4) is 5.75 Å². The summed E-state index contributed by atoms with van der Waals surface area (Å²) in [4.78, 5) is 11.1. The zero-order valence-electron chi connectivity index (χ0n) is 8.79. The zero-order chi connectivity index (χ0) is 12.3. The first-order valence-corrected chi connectivity index (χ1v) is 5.24. The van der Waals surface area contributed by atoms with Gasteiger partial charge in [-0.25, -0.2) is 9.18 Å². The lowest BCUT2D eigenvalue weighted by Gasteiger charge is -2.14. The summed E-state index contributed by atoms with van der Waals surface area (Å²) in [6.45, 7) is 1.49. The number of anilines is 1. The van der Waals surface area contributed by atoms with Crippen LogP contribution in [-0.4, -0.2) is 19.2 Å². The van der Waals surface area contributed by atoms with E-state index in [1.807, 2.05) is 0 Å². The molecule has 2 N–H and O–H groups in total. The topological polar surface area (TPSA) is 61.5 Å². The normalized spacial score (nSPS) is 12.0. The Morgan fingerprint density at radius 1 is 1.56 bits per heavy atom. The molecule has 1 aromatic rings. The second kappa shape index (κ2) is 5.16. The van der Waals surface area contributed by atoms with Gasteiger partial charge < -0.3 is 15.2 Å². The Bertz CT molecular complexity index is 411. The second-order valence-corrected chi connectivity index (χ2v) is 3.94. The lowest BCUT2D eigenvalue weighted by molar-refractivity contribution is -0.147. The molecule has 0 spiro atoms. The molecule has 0 heterocycles. The lowest BCUT2D eigenvalue weighted by Crippen LogP contribution is -2.25. The Morgan fingerprint density at radius 3 is 2.75 bits per heavy atom. The molecule has 1 atom stereocenters. The number of carbonyl (C=O) groups is 1. The first kappa shape index (κ1) is 12.8. The van der Waals surface area contributed by atoms with Crippen LogP contribution in [0, 0.1) is 5.82 Å². The average molecular weight is 292 g/mol. The summed E-state index contributed by atoms with van der Waals surface area (Å²) in [5.74, 6) is -0.956. The number of halogens is 2. The Hall–Kier alpha value is -1.30. The van der Waals surface area contributed by atoms with Crippen molar-refractivity contribution < 1.29 is 18.7 Å². The number of esters is 1. The first-order chi connectivity index (χ1) is 7.45. The molecule has 0 saturated carbocycles. The summed E-state index contributed by atoms with van der Waals surface area (Å²) in [6.07, 6.45) is -0.840. The maximum absolute atomic E-state index is 13.2. The quantitative estimate of drug-likeness (QED) is 0.684. The number of nitrogens with two attached hydrogens (primary N) is 1. The molecule has 6 heteroatoms. The van der Waals surface area contributed by atoms with E-state index >= 15 is 0 Å². The van der Waals surface area contributed by atoms with Gasteiger partial charge >= 0.3 is 5.97 Å².